The lowest BCUT2D eigenvalue weighted by Gasteiger charge is -2.16. The van der Waals surface area contributed by atoms with Crippen LogP contribution in [-0.2, 0) is 0 Å². The van der Waals surface area contributed by atoms with Crippen molar-refractivity contribution < 1.29 is 19.0 Å². The van der Waals surface area contributed by atoms with Gasteiger partial charge in [0.25, 0.3) is 0 Å². The largest absolute Gasteiger partial charge is 0.505 e. The molecule has 1 aromatic carbocycles. The molecule has 0 fully saturated rings. The number of ether oxygens (including phenoxy) is 2. The standard InChI is InChI=1S/C10H14FNO3/c1-5(12)8-9(11)6(13)4-7(14-2)10(8)15-3/h4-5,13H,12H2,1-3H3. The Labute approximate surface area is 87.4 Å². The molecular formula is C10H14FNO3. The van der Waals surface area contributed by atoms with Gasteiger partial charge in [0, 0.05) is 12.1 Å². The van der Waals surface area contributed by atoms with E-state index in [1.165, 1.54) is 14.2 Å². The first kappa shape index (κ1) is 11.6. The van der Waals surface area contributed by atoms with Crippen LogP contribution in [-0.4, -0.2) is 19.3 Å². The predicted molar refractivity (Wildman–Crippen MR) is 53.8 cm³/mol. The molecular weight excluding hydrogens is 201 g/mol. The molecule has 15 heavy (non-hydrogen) atoms. The van der Waals surface area contributed by atoms with E-state index in [4.69, 9.17) is 15.2 Å². The molecule has 3 N–H and O–H groups in total. The predicted octanol–water partition coefficient (Wildman–Crippen LogP) is 1.57. The maximum atomic E-state index is 13.6. The van der Waals surface area contributed by atoms with Gasteiger partial charge in [-0.25, -0.2) is 4.39 Å². The fourth-order valence-corrected chi connectivity index (χ4v) is 1.39. The zero-order chi connectivity index (χ0) is 11.6. The Kier molecular flexibility index (Phi) is 3.36. The molecule has 0 saturated heterocycles. The number of phenols is 1. The van der Waals surface area contributed by atoms with E-state index in [1.54, 1.807) is 6.92 Å². The molecule has 84 valence electrons. The second-order valence-electron chi connectivity index (χ2n) is 3.15. The Morgan fingerprint density at radius 3 is 2.40 bits per heavy atom. The van der Waals surface area contributed by atoms with Crippen LogP contribution in [0.25, 0.3) is 0 Å². The van der Waals surface area contributed by atoms with E-state index in [1.807, 2.05) is 0 Å². The lowest BCUT2D eigenvalue weighted by molar-refractivity contribution is 0.337. The molecule has 0 aliphatic rings. The van der Waals surface area contributed by atoms with Gasteiger partial charge in [-0.15, -0.1) is 0 Å². The number of aromatic hydroxyl groups is 1. The fourth-order valence-electron chi connectivity index (χ4n) is 1.39. The number of benzene rings is 1. The number of halogens is 1. The normalized spacial score (nSPS) is 12.3. The van der Waals surface area contributed by atoms with Gasteiger partial charge >= 0.3 is 0 Å². The van der Waals surface area contributed by atoms with Crippen LogP contribution in [0.4, 0.5) is 4.39 Å². The van der Waals surface area contributed by atoms with Crippen molar-refractivity contribution in [2.24, 2.45) is 5.73 Å². The summed E-state index contributed by atoms with van der Waals surface area (Å²) in [6, 6.07) is 0.556. The topological polar surface area (TPSA) is 64.7 Å². The minimum absolute atomic E-state index is 0.106. The summed E-state index contributed by atoms with van der Waals surface area (Å²) in [6.07, 6.45) is 0. The molecule has 0 amide bonds. The molecule has 0 saturated carbocycles. The summed E-state index contributed by atoms with van der Waals surface area (Å²) in [5.74, 6) is -0.811. The molecule has 1 unspecified atom stereocenters. The Morgan fingerprint density at radius 1 is 1.40 bits per heavy atom. The summed E-state index contributed by atoms with van der Waals surface area (Å²) in [7, 11) is 2.79. The van der Waals surface area contributed by atoms with E-state index < -0.39 is 17.6 Å². The average molecular weight is 215 g/mol. The van der Waals surface area contributed by atoms with Crippen molar-refractivity contribution in [2.45, 2.75) is 13.0 Å². The molecule has 0 aliphatic heterocycles. The highest BCUT2D eigenvalue weighted by Crippen LogP contribution is 2.40. The van der Waals surface area contributed by atoms with E-state index in [-0.39, 0.29) is 17.1 Å². The second kappa shape index (κ2) is 4.35. The van der Waals surface area contributed by atoms with Gasteiger partial charge in [0.15, 0.2) is 23.1 Å². The number of nitrogens with two attached hydrogens (primary N) is 1. The molecule has 0 heterocycles. The number of hydrogen-bond donors (Lipinski definition) is 2. The maximum Gasteiger partial charge on any atom is 0.173 e. The van der Waals surface area contributed by atoms with E-state index in [0.717, 1.165) is 6.07 Å². The van der Waals surface area contributed by atoms with Crippen LogP contribution in [0.3, 0.4) is 0 Å². The minimum atomic E-state index is -0.775. The Hall–Kier alpha value is -1.49. The maximum absolute atomic E-state index is 13.6. The molecule has 0 aromatic heterocycles. The second-order valence-corrected chi connectivity index (χ2v) is 3.15. The lowest BCUT2D eigenvalue weighted by Crippen LogP contribution is -2.10. The van der Waals surface area contributed by atoms with Gasteiger partial charge < -0.3 is 20.3 Å². The average Bonchev–Trinajstić information content (AvgIpc) is 2.20. The highest BCUT2D eigenvalue weighted by molar-refractivity contribution is 5.53. The summed E-state index contributed by atoms with van der Waals surface area (Å²) >= 11 is 0. The van der Waals surface area contributed by atoms with Crippen molar-refractivity contribution in [3.63, 3.8) is 0 Å². The van der Waals surface area contributed by atoms with Gasteiger partial charge in [0.2, 0.25) is 0 Å². The van der Waals surface area contributed by atoms with Crippen molar-refractivity contribution in [3.05, 3.63) is 17.4 Å². The smallest absolute Gasteiger partial charge is 0.173 e. The van der Waals surface area contributed by atoms with Gasteiger partial charge in [0.05, 0.1) is 19.8 Å². The van der Waals surface area contributed by atoms with Crippen molar-refractivity contribution in [1.29, 1.82) is 0 Å². The SMILES string of the molecule is COc1cc(O)c(F)c(C(C)N)c1OC. The lowest BCUT2D eigenvalue weighted by atomic mass is 10.1. The third-order valence-corrected chi connectivity index (χ3v) is 2.08. The Balaban J connectivity index is 3.49. The first-order valence-electron chi connectivity index (χ1n) is 4.41. The third-order valence-electron chi connectivity index (χ3n) is 2.08. The van der Waals surface area contributed by atoms with Crippen LogP contribution in [0.1, 0.15) is 18.5 Å². The molecule has 4 nitrogen and oxygen atoms in total. The van der Waals surface area contributed by atoms with Crippen molar-refractivity contribution in [3.8, 4) is 17.2 Å². The number of hydrogen-bond acceptors (Lipinski definition) is 4. The van der Waals surface area contributed by atoms with E-state index in [9.17, 15) is 9.50 Å². The summed E-state index contributed by atoms with van der Waals surface area (Å²) in [4.78, 5) is 0. The van der Waals surface area contributed by atoms with Crippen molar-refractivity contribution >= 4 is 0 Å². The zero-order valence-corrected chi connectivity index (χ0v) is 8.87. The summed E-state index contributed by atoms with van der Waals surface area (Å²) in [5.41, 5.74) is 5.70. The first-order valence-corrected chi connectivity index (χ1v) is 4.41. The van der Waals surface area contributed by atoms with Gasteiger partial charge in [-0.1, -0.05) is 0 Å². The molecule has 0 aliphatic carbocycles. The van der Waals surface area contributed by atoms with E-state index >= 15 is 0 Å². The summed E-state index contributed by atoms with van der Waals surface area (Å²) < 4.78 is 23.5. The molecule has 1 rings (SSSR count). The molecule has 5 heteroatoms. The number of methoxy groups -OCH3 is 2. The fraction of sp³-hybridized carbons (Fsp3) is 0.400. The number of rotatable bonds is 3. The highest BCUT2D eigenvalue weighted by Gasteiger charge is 2.21. The van der Waals surface area contributed by atoms with Crippen LogP contribution in [0.5, 0.6) is 17.2 Å². The van der Waals surface area contributed by atoms with E-state index in [2.05, 4.69) is 0 Å². The third kappa shape index (κ3) is 1.97. The van der Waals surface area contributed by atoms with Gasteiger partial charge in [-0.05, 0) is 6.92 Å². The van der Waals surface area contributed by atoms with Crippen LogP contribution < -0.4 is 15.2 Å². The van der Waals surface area contributed by atoms with Gasteiger partial charge in [0.1, 0.15) is 0 Å². The van der Waals surface area contributed by atoms with Crippen LogP contribution >= 0.6 is 0 Å². The first-order chi connectivity index (χ1) is 7.02. The van der Waals surface area contributed by atoms with Crippen LogP contribution in [0.15, 0.2) is 6.07 Å². The van der Waals surface area contributed by atoms with Crippen LogP contribution in [0.2, 0.25) is 0 Å². The zero-order valence-electron chi connectivity index (χ0n) is 8.87. The van der Waals surface area contributed by atoms with Gasteiger partial charge in [-0.3, -0.25) is 0 Å². The molecule has 1 atom stereocenters. The highest BCUT2D eigenvalue weighted by atomic mass is 19.1. The van der Waals surface area contributed by atoms with E-state index in [0.29, 0.717) is 0 Å². The molecule has 1 aromatic rings. The minimum Gasteiger partial charge on any atom is -0.505 e. The molecule has 0 bridgehead atoms. The van der Waals surface area contributed by atoms with Gasteiger partial charge in [-0.2, -0.15) is 0 Å². The molecule has 0 radical (unpaired) electrons. The Bertz CT molecular complexity index is 366. The van der Waals surface area contributed by atoms with Crippen molar-refractivity contribution in [2.75, 3.05) is 14.2 Å². The van der Waals surface area contributed by atoms with Crippen molar-refractivity contribution in [1.82, 2.24) is 0 Å². The number of phenolic OH excluding ortho intramolecular Hbond substituents is 1. The monoisotopic (exact) mass is 215 g/mol. The Morgan fingerprint density at radius 2 is 2.00 bits per heavy atom. The summed E-state index contributed by atoms with van der Waals surface area (Å²) in [6.45, 7) is 1.60. The van der Waals surface area contributed by atoms with Crippen LogP contribution in [0, 0.1) is 5.82 Å². The summed E-state index contributed by atoms with van der Waals surface area (Å²) in [5, 5.41) is 9.31. The quantitative estimate of drug-likeness (QED) is 0.803. The molecule has 0 spiro atoms.